The molecule has 2 N–H and O–H groups in total. The molecule has 0 atom stereocenters. The van der Waals surface area contributed by atoms with Gasteiger partial charge in [0, 0.05) is 12.5 Å². The van der Waals surface area contributed by atoms with Crippen molar-refractivity contribution in [2.75, 3.05) is 5.73 Å². The topological polar surface area (TPSA) is 56.7 Å². The van der Waals surface area contributed by atoms with E-state index < -0.39 is 11.6 Å². The highest BCUT2D eigenvalue weighted by atomic mass is 19.1. The molecule has 0 unspecified atom stereocenters. The van der Waals surface area contributed by atoms with Gasteiger partial charge in [0.15, 0.2) is 11.6 Å². The van der Waals surface area contributed by atoms with Crippen molar-refractivity contribution in [3.05, 3.63) is 35.7 Å². The second-order valence-corrected chi connectivity index (χ2v) is 3.25. The number of rotatable bonds is 2. The van der Waals surface area contributed by atoms with Crippen LogP contribution in [0.3, 0.4) is 0 Å². The van der Waals surface area contributed by atoms with E-state index in [1.807, 2.05) is 6.92 Å². The molecule has 0 spiro atoms. The molecule has 84 valence electrons. The van der Waals surface area contributed by atoms with Crippen molar-refractivity contribution in [2.45, 2.75) is 13.3 Å². The van der Waals surface area contributed by atoms with Crippen LogP contribution in [0.4, 0.5) is 14.7 Å². The molecule has 4 nitrogen and oxygen atoms in total. The quantitative estimate of drug-likeness (QED) is 0.844. The molecule has 0 aliphatic carbocycles. The lowest BCUT2D eigenvalue weighted by Gasteiger charge is -2.03. The monoisotopic (exact) mass is 224 g/mol. The Balaban J connectivity index is 2.53. The fraction of sp³-hybridized carbons (Fsp3) is 0.200. The molecule has 1 aromatic heterocycles. The maximum atomic E-state index is 13.4. The number of benzene rings is 1. The Morgan fingerprint density at radius 2 is 2.12 bits per heavy atom. The predicted octanol–water partition coefficient (Wildman–Crippen LogP) is 1.69. The van der Waals surface area contributed by atoms with E-state index in [1.165, 1.54) is 6.07 Å². The first-order chi connectivity index (χ1) is 7.61. The van der Waals surface area contributed by atoms with Gasteiger partial charge in [-0.05, 0) is 12.1 Å². The Hall–Kier alpha value is -1.98. The standard InChI is InChI=1S/C10H10F2N4/c1-2-9-14-10(13)16(15-9)8-4-3-6(11)5-7(8)12/h3-5H,2H2,1H3,(H2,13,14,15). The van der Waals surface area contributed by atoms with Gasteiger partial charge in [-0.25, -0.2) is 8.78 Å². The third-order valence-electron chi connectivity index (χ3n) is 2.13. The molecule has 0 saturated heterocycles. The molecular weight excluding hydrogens is 214 g/mol. The predicted molar refractivity (Wildman–Crippen MR) is 55.1 cm³/mol. The molecular formula is C10H10F2N4. The van der Waals surface area contributed by atoms with Gasteiger partial charge in [0.2, 0.25) is 5.95 Å². The minimum Gasteiger partial charge on any atom is -0.368 e. The Morgan fingerprint density at radius 1 is 1.38 bits per heavy atom. The average Bonchev–Trinajstić information content (AvgIpc) is 2.60. The molecule has 1 aromatic carbocycles. The molecule has 0 fully saturated rings. The maximum Gasteiger partial charge on any atom is 0.223 e. The zero-order chi connectivity index (χ0) is 11.7. The van der Waals surface area contributed by atoms with Crippen molar-refractivity contribution in [3.8, 4) is 5.69 Å². The molecule has 0 radical (unpaired) electrons. The van der Waals surface area contributed by atoms with Crippen molar-refractivity contribution in [1.82, 2.24) is 14.8 Å². The third-order valence-corrected chi connectivity index (χ3v) is 2.13. The lowest BCUT2D eigenvalue weighted by Crippen LogP contribution is -2.05. The fourth-order valence-electron chi connectivity index (χ4n) is 1.35. The molecule has 16 heavy (non-hydrogen) atoms. The fourth-order valence-corrected chi connectivity index (χ4v) is 1.35. The van der Waals surface area contributed by atoms with Crippen molar-refractivity contribution >= 4 is 5.95 Å². The molecule has 0 amide bonds. The first-order valence-corrected chi connectivity index (χ1v) is 4.78. The van der Waals surface area contributed by atoms with Crippen molar-refractivity contribution in [3.63, 3.8) is 0 Å². The van der Waals surface area contributed by atoms with E-state index in [0.29, 0.717) is 12.2 Å². The molecule has 0 aliphatic heterocycles. The van der Waals surface area contributed by atoms with Gasteiger partial charge in [0.25, 0.3) is 0 Å². The highest BCUT2D eigenvalue weighted by Crippen LogP contribution is 2.16. The molecule has 1 heterocycles. The van der Waals surface area contributed by atoms with Gasteiger partial charge in [0.05, 0.1) is 0 Å². The van der Waals surface area contributed by atoms with Crippen LogP contribution in [0.5, 0.6) is 0 Å². The van der Waals surface area contributed by atoms with Gasteiger partial charge in [-0.1, -0.05) is 6.92 Å². The summed E-state index contributed by atoms with van der Waals surface area (Å²) in [6.45, 7) is 1.86. The van der Waals surface area contributed by atoms with Gasteiger partial charge < -0.3 is 5.73 Å². The Labute approximate surface area is 90.7 Å². The van der Waals surface area contributed by atoms with Crippen molar-refractivity contribution in [1.29, 1.82) is 0 Å². The van der Waals surface area contributed by atoms with Crippen LogP contribution >= 0.6 is 0 Å². The number of aryl methyl sites for hydroxylation is 1. The highest BCUT2D eigenvalue weighted by Gasteiger charge is 2.12. The first kappa shape index (κ1) is 10.5. The number of nitrogen functional groups attached to an aromatic ring is 1. The van der Waals surface area contributed by atoms with Gasteiger partial charge in [-0.15, -0.1) is 5.10 Å². The molecule has 2 aromatic rings. The summed E-state index contributed by atoms with van der Waals surface area (Å²) in [6, 6.07) is 3.20. The highest BCUT2D eigenvalue weighted by molar-refractivity contribution is 5.38. The zero-order valence-electron chi connectivity index (χ0n) is 8.61. The van der Waals surface area contributed by atoms with E-state index in [0.717, 1.165) is 16.8 Å². The average molecular weight is 224 g/mol. The van der Waals surface area contributed by atoms with Crippen LogP contribution in [0, 0.1) is 11.6 Å². The minimum atomic E-state index is -0.723. The van der Waals surface area contributed by atoms with Crippen LogP contribution in [-0.4, -0.2) is 14.8 Å². The minimum absolute atomic E-state index is 0.0855. The summed E-state index contributed by atoms with van der Waals surface area (Å²) in [6.07, 6.45) is 0.597. The number of anilines is 1. The summed E-state index contributed by atoms with van der Waals surface area (Å²) in [4.78, 5) is 3.94. The van der Waals surface area contributed by atoms with E-state index >= 15 is 0 Å². The zero-order valence-corrected chi connectivity index (χ0v) is 8.61. The van der Waals surface area contributed by atoms with Gasteiger partial charge >= 0.3 is 0 Å². The summed E-state index contributed by atoms with van der Waals surface area (Å²) in [5.74, 6) is -0.765. The number of nitrogens with zero attached hydrogens (tertiary/aromatic N) is 3. The summed E-state index contributed by atoms with van der Waals surface area (Å²) < 4.78 is 27.3. The first-order valence-electron chi connectivity index (χ1n) is 4.78. The third kappa shape index (κ3) is 1.73. The number of nitrogens with two attached hydrogens (primary N) is 1. The molecule has 6 heteroatoms. The summed E-state index contributed by atoms with van der Waals surface area (Å²) in [5.41, 5.74) is 5.67. The van der Waals surface area contributed by atoms with Gasteiger partial charge in [0.1, 0.15) is 11.5 Å². The lowest BCUT2D eigenvalue weighted by atomic mass is 10.3. The smallest absolute Gasteiger partial charge is 0.223 e. The molecule has 2 rings (SSSR count). The largest absolute Gasteiger partial charge is 0.368 e. The normalized spacial score (nSPS) is 10.7. The second-order valence-electron chi connectivity index (χ2n) is 3.25. The van der Waals surface area contributed by atoms with E-state index in [2.05, 4.69) is 10.1 Å². The maximum absolute atomic E-state index is 13.4. The number of halogens is 2. The van der Waals surface area contributed by atoms with Crippen LogP contribution in [0.2, 0.25) is 0 Å². The van der Waals surface area contributed by atoms with Crippen LogP contribution in [0.25, 0.3) is 5.69 Å². The van der Waals surface area contributed by atoms with Crippen molar-refractivity contribution < 1.29 is 8.78 Å². The van der Waals surface area contributed by atoms with E-state index in [4.69, 9.17) is 5.73 Å². The van der Waals surface area contributed by atoms with Crippen LogP contribution < -0.4 is 5.73 Å². The second kappa shape index (κ2) is 3.88. The van der Waals surface area contributed by atoms with Gasteiger partial charge in [-0.2, -0.15) is 9.67 Å². The van der Waals surface area contributed by atoms with Crippen LogP contribution in [0.15, 0.2) is 18.2 Å². The SMILES string of the molecule is CCc1nc(N)n(-c2ccc(F)cc2F)n1. The van der Waals surface area contributed by atoms with Gasteiger partial charge in [-0.3, -0.25) is 0 Å². The number of hydrogen-bond donors (Lipinski definition) is 1. The molecule has 0 aliphatic rings. The lowest BCUT2D eigenvalue weighted by molar-refractivity contribution is 0.574. The molecule has 0 saturated carbocycles. The Bertz CT molecular complexity index is 522. The van der Waals surface area contributed by atoms with E-state index in [-0.39, 0.29) is 11.6 Å². The Kier molecular flexibility index (Phi) is 2.55. The van der Waals surface area contributed by atoms with Crippen LogP contribution in [0.1, 0.15) is 12.7 Å². The molecule has 0 bridgehead atoms. The number of hydrogen-bond acceptors (Lipinski definition) is 3. The summed E-state index contributed by atoms with van der Waals surface area (Å²) >= 11 is 0. The number of aromatic nitrogens is 3. The van der Waals surface area contributed by atoms with E-state index in [9.17, 15) is 8.78 Å². The Morgan fingerprint density at radius 3 is 2.69 bits per heavy atom. The van der Waals surface area contributed by atoms with Crippen molar-refractivity contribution in [2.24, 2.45) is 0 Å². The van der Waals surface area contributed by atoms with Crippen LogP contribution in [-0.2, 0) is 6.42 Å². The summed E-state index contributed by atoms with van der Waals surface area (Å²) in [7, 11) is 0. The van der Waals surface area contributed by atoms with E-state index in [1.54, 1.807) is 0 Å². The summed E-state index contributed by atoms with van der Waals surface area (Å²) in [5, 5.41) is 4.01.